The molecule has 2 rings (SSSR count). The lowest BCUT2D eigenvalue weighted by Crippen LogP contribution is -2.05. The van der Waals surface area contributed by atoms with Gasteiger partial charge >= 0.3 is 0 Å². The van der Waals surface area contributed by atoms with E-state index >= 15 is 0 Å². The lowest BCUT2D eigenvalue weighted by atomic mass is 10.2. The van der Waals surface area contributed by atoms with E-state index < -0.39 is 0 Å². The number of hydrogen-bond acceptors (Lipinski definition) is 2. The summed E-state index contributed by atoms with van der Waals surface area (Å²) in [6, 6.07) is 7.71. The zero-order valence-corrected chi connectivity index (χ0v) is 7.29. The van der Waals surface area contributed by atoms with Crippen LogP contribution in [0, 0.1) is 0 Å². The summed E-state index contributed by atoms with van der Waals surface area (Å²) in [5, 5.41) is 5.73. The van der Waals surface area contributed by atoms with Gasteiger partial charge in [0.25, 0.3) is 0 Å². The highest BCUT2D eigenvalue weighted by Crippen LogP contribution is 2.20. The van der Waals surface area contributed by atoms with Gasteiger partial charge in [-0.05, 0) is 17.7 Å². The van der Waals surface area contributed by atoms with E-state index in [2.05, 4.69) is 10.6 Å². The second-order valence-electron chi connectivity index (χ2n) is 2.96. The van der Waals surface area contributed by atoms with Gasteiger partial charge in [0, 0.05) is 18.8 Å². The van der Waals surface area contributed by atoms with Gasteiger partial charge in [0.2, 0.25) is 5.91 Å². The third-order valence-electron chi connectivity index (χ3n) is 1.80. The molecule has 13 heavy (non-hydrogen) atoms. The van der Waals surface area contributed by atoms with E-state index in [1.807, 2.05) is 30.5 Å². The van der Waals surface area contributed by atoms with E-state index in [9.17, 15) is 4.79 Å². The van der Waals surface area contributed by atoms with Crippen LogP contribution in [0.15, 0.2) is 30.5 Å². The number of hydrogen-bond donors (Lipinski definition) is 2. The van der Waals surface area contributed by atoms with Crippen LogP contribution in [0.5, 0.6) is 0 Å². The van der Waals surface area contributed by atoms with Crippen LogP contribution in [0.25, 0.3) is 5.70 Å². The maximum Gasteiger partial charge on any atom is 0.221 e. The van der Waals surface area contributed by atoms with Gasteiger partial charge in [-0.1, -0.05) is 12.1 Å². The van der Waals surface area contributed by atoms with Crippen LogP contribution in [0.3, 0.4) is 0 Å². The summed E-state index contributed by atoms with van der Waals surface area (Å²) in [5.41, 5.74) is 3.13. The molecule has 3 nitrogen and oxygen atoms in total. The fourth-order valence-corrected chi connectivity index (χ4v) is 1.14. The molecule has 1 aliphatic rings. The van der Waals surface area contributed by atoms with Crippen molar-refractivity contribution in [2.45, 2.75) is 6.92 Å². The first-order chi connectivity index (χ1) is 6.25. The second-order valence-corrected chi connectivity index (χ2v) is 2.96. The number of carbonyl (C=O) groups is 1. The molecule has 0 aromatic heterocycles. The van der Waals surface area contributed by atoms with Crippen molar-refractivity contribution in [1.29, 1.82) is 0 Å². The fourth-order valence-electron chi connectivity index (χ4n) is 1.14. The largest absolute Gasteiger partial charge is 0.358 e. The highest BCUT2D eigenvalue weighted by Gasteiger charge is 2.08. The van der Waals surface area contributed by atoms with Crippen molar-refractivity contribution in [2.24, 2.45) is 0 Å². The molecule has 3 heteroatoms. The number of benzene rings is 1. The monoisotopic (exact) mass is 174 g/mol. The lowest BCUT2D eigenvalue weighted by molar-refractivity contribution is -0.114. The Hall–Kier alpha value is -1.77. The SMILES string of the molecule is CC(=O)Nc1ccc(C2=CN2)cc1. The fraction of sp³-hybridized carbons (Fsp3) is 0.100. The molecule has 0 atom stereocenters. The van der Waals surface area contributed by atoms with E-state index in [1.54, 1.807) is 0 Å². The van der Waals surface area contributed by atoms with Crippen LogP contribution in [0.1, 0.15) is 12.5 Å². The van der Waals surface area contributed by atoms with E-state index in [1.165, 1.54) is 6.92 Å². The van der Waals surface area contributed by atoms with E-state index in [4.69, 9.17) is 0 Å². The molecule has 1 aliphatic heterocycles. The van der Waals surface area contributed by atoms with Crippen molar-refractivity contribution in [2.75, 3.05) is 5.32 Å². The molecule has 0 saturated heterocycles. The van der Waals surface area contributed by atoms with Gasteiger partial charge in [-0.2, -0.15) is 0 Å². The van der Waals surface area contributed by atoms with E-state index in [0.717, 1.165) is 16.9 Å². The minimum atomic E-state index is -0.0449. The van der Waals surface area contributed by atoms with Crippen LogP contribution < -0.4 is 10.6 Å². The van der Waals surface area contributed by atoms with Crippen molar-refractivity contribution < 1.29 is 4.79 Å². The Bertz CT molecular complexity index is 365. The van der Waals surface area contributed by atoms with Crippen LogP contribution in [0.4, 0.5) is 5.69 Å². The van der Waals surface area contributed by atoms with Crippen molar-refractivity contribution in [3.63, 3.8) is 0 Å². The Morgan fingerprint density at radius 3 is 2.38 bits per heavy atom. The molecule has 1 amide bonds. The topological polar surface area (TPSA) is 51.0 Å². The first-order valence-corrected chi connectivity index (χ1v) is 4.10. The molecule has 0 fully saturated rings. The molecule has 1 aromatic rings. The van der Waals surface area contributed by atoms with Crippen LogP contribution in [-0.2, 0) is 4.79 Å². The minimum Gasteiger partial charge on any atom is -0.358 e. The number of anilines is 1. The Morgan fingerprint density at radius 2 is 1.92 bits per heavy atom. The van der Waals surface area contributed by atoms with Crippen LogP contribution >= 0.6 is 0 Å². The Balaban J connectivity index is 2.13. The smallest absolute Gasteiger partial charge is 0.221 e. The lowest BCUT2D eigenvalue weighted by Gasteiger charge is -2.01. The normalized spacial score (nSPS) is 12.8. The molecule has 1 aromatic carbocycles. The summed E-state index contributed by atoms with van der Waals surface area (Å²) in [6.07, 6.45) is 1.94. The van der Waals surface area contributed by atoms with Gasteiger partial charge < -0.3 is 10.6 Å². The van der Waals surface area contributed by atoms with Gasteiger partial charge in [0.15, 0.2) is 0 Å². The molecule has 1 heterocycles. The van der Waals surface area contributed by atoms with E-state index in [0.29, 0.717) is 0 Å². The highest BCUT2D eigenvalue weighted by atomic mass is 16.1. The molecule has 0 aliphatic carbocycles. The molecular weight excluding hydrogens is 164 g/mol. The van der Waals surface area contributed by atoms with Crippen molar-refractivity contribution in [3.8, 4) is 0 Å². The Morgan fingerprint density at radius 1 is 1.31 bits per heavy atom. The summed E-state index contributed by atoms with van der Waals surface area (Å²) < 4.78 is 0. The van der Waals surface area contributed by atoms with Gasteiger partial charge in [0.1, 0.15) is 0 Å². The summed E-state index contributed by atoms with van der Waals surface area (Å²) in [7, 11) is 0. The highest BCUT2D eigenvalue weighted by molar-refractivity contribution is 5.89. The molecule has 2 N–H and O–H groups in total. The Kier molecular flexibility index (Phi) is 1.77. The molecule has 0 unspecified atom stereocenters. The Labute approximate surface area is 76.5 Å². The van der Waals surface area contributed by atoms with Crippen molar-refractivity contribution in [3.05, 3.63) is 36.0 Å². The predicted octanol–water partition coefficient (Wildman–Crippen LogP) is 1.55. The molecule has 0 bridgehead atoms. The van der Waals surface area contributed by atoms with Crippen LogP contribution in [0.2, 0.25) is 0 Å². The molecular formula is C10H10N2O. The minimum absolute atomic E-state index is 0.0449. The quantitative estimate of drug-likeness (QED) is 0.714. The maximum absolute atomic E-state index is 10.7. The van der Waals surface area contributed by atoms with Gasteiger partial charge in [0.05, 0.1) is 5.70 Å². The predicted molar refractivity (Wildman–Crippen MR) is 51.9 cm³/mol. The number of carbonyl (C=O) groups excluding carboxylic acids is 1. The van der Waals surface area contributed by atoms with Crippen molar-refractivity contribution in [1.82, 2.24) is 5.32 Å². The molecule has 0 radical (unpaired) electrons. The van der Waals surface area contributed by atoms with Gasteiger partial charge in [-0.15, -0.1) is 0 Å². The number of nitrogens with one attached hydrogen (secondary N) is 2. The summed E-state index contributed by atoms with van der Waals surface area (Å²) in [5.74, 6) is -0.0449. The summed E-state index contributed by atoms with van der Waals surface area (Å²) in [6.45, 7) is 1.50. The zero-order valence-electron chi connectivity index (χ0n) is 7.29. The maximum atomic E-state index is 10.7. The number of amides is 1. The third-order valence-corrected chi connectivity index (χ3v) is 1.80. The van der Waals surface area contributed by atoms with Crippen LogP contribution in [-0.4, -0.2) is 5.91 Å². The first kappa shape index (κ1) is 7.86. The second kappa shape index (κ2) is 2.94. The molecule has 66 valence electrons. The average molecular weight is 174 g/mol. The average Bonchev–Trinajstić information content (AvgIpc) is 2.87. The summed E-state index contributed by atoms with van der Waals surface area (Å²) >= 11 is 0. The third kappa shape index (κ3) is 1.87. The number of rotatable bonds is 2. The van der Waals surface area contributed by atoms with Crippen molar-refractivity contribution >= 4 is 17.3 Å². The summed E-state index contributed by atoms with van der Waals surface area (Å²) in [4.78, 5) is 10.7. The standard InChI is InChI=1S/C10H10N2O/c1-7(13)12-9-4-2-8(3-5-9)10-6-11-10/h2-6,11H,1H3,(H,12,13). The van der Waals surface area contributed by atoms with Gasteiger partial charge in [-0.3, -0.25) is 4.79 Å². The molecule has 0 saturated carbocycles. The van der Waals surface area contributed by atoms with Gasteiger partial charge in [-0.25, -0.2) is 0 Å². The zero-order chi connectivity index (χ0) is 9.26. The molecule has 0 spiro atoms. The first-order valence-electron chi connectivity index (χ1n) is 4.10. The van der Waals surface area contributed by atoms with E-state index in [-0.39, 0.29) is 5.91 Å².